The first-order valence-electron chi connectivity index (χ1n) is 4.37. The molecule has 73 valence electrons. The number of carbonyl (C=O) groups excluding carboxylic acids is 1. The van der Waals surface area contributed by atoms with Gasteiger partial charge in [0.25, 0.3) is 0 Å². The monoisotopic (exact) mass is 192 g/mol. The highest BCUT2D eigenvalue weighted by molar-refractivity contribution is 5.48. The van der Waals surface area contributed by atoms with E-state index in [1.165, 1.54) is 0 Å². The van der Waals surface area contributed by atoms with E-state index < -0.39 is 0 Å². The zero-order chi connectivity index (χ0) is 9.80. The van der Waals surface area contributed by atoms with Gasteiger partial charge in [-0.25, -0.2) is 9.97 Å². The number of ether oxygens (including phenoxy) is 1. The van der Waals surface area contributed by atoms with Crippen LogP contribution in [0.2, 0.25) is 0 Å². The van der Waals surface area contributed by atoms with Gasteiger partial charge in [0, 0.05) is 25.4 Å². The summed E-state index contributed by atoms with van der Waals surface area (Å²) < 4.78 is 5.40. The second-order valence-electron chi connectivity index (χ2n) is 3.00. The van der Waals surface area contributed by atoms with Crippen LogP contribution in [0.3, 0.4) is 0 Å². The third-order valence-electron chi connectivity index (χ3n) is 1.98. The average molecular weight is 192 g/mol. The topological polar surface area (TPSA) is 55.3 Å². The average Bonchev–Trinajstić information content (AvgIpc) is 2.67. The Hall–Kier alpha value is -1.65. The standard InChI is InChI=1S/C9H10N3O2/c13-7-12-5-2-8(6-12)14-9-10-3-1-4-11-9/h1,3-4,7H,2,5-6H2. The second kappa shape index (κ2) is 4.04. The summed E-state index contributed by atoms with van der Waals surface area (Å²) >= 11 is 0. The van der Waals surface area contributed by atoms with E-state index in [0.717, 1.165) is 18.9 Å². The highest BCUT2D eigenvalue weighted by atomic mass is 16.5. The third kappa shape index (κ3) is 1.99. The van der Waals surface area contributed by atoms with Crippen LogP contribution in [0, 0.1) is 6.10 Å². The van der Waals surface area contributed by atoms with Gasteiger partial charge in [-0.2, -0.15) is 0 Å². The van der Waals surface area contributed by atoms with Crippen molar-refractivity contribution >= 4 is 6.41 Å². The van der Waals surface area contributed by atoms with Crippen LogP contribution < -0.4 is 4.74 Å². The SMILES string of the molecule is O=CN1CC[C](Oc2ncccn2)C1. The lowest BCUT2D eigenvalue weighted by Crippen LogP contribution is -2.19. The molecule has 5 heteroatoms. The zero-order valence-electron chi connectivity index (χ0n) is 7.59. The lowest BCUT2D eigenvalue weighted by atomic mass is 10.3. The molecule has 1 fully saturated rings. The number of nitrogens with zero attached hydrogens (tertiary/aromatic N) is 3. The largest absolute Gasteiger partial charge is 0.450 e. The van der Waals surface area contributed by atoms with E-state index in [0.29, 0.717) is 19.1 Å². The summed E-state index contributed by atoms with van der Waals surface area (Å²) in [7, 11) is 0. The fourth-order valence-electron chi connectivity index (χ4n) is 1.29. The molecule has 0 bridgehead atoms. The Morgan fingerprint density at radius 1 is 1.43 bits per heavy atom. The van der Waals surface area contributed by atoms with Crippen LogP contribution in [0.4, 0.5) is 0 Å². The summed E-state index contributed by atoms with van der Waals surface area (Å²) in [5.74, 6) is 0. The van der Waals surface area contributed by atoms with Crippen molar-refractivity contribution in [3.05, 3.63) is 24.6 Å². The van der Waals surface area contributed by atoms with Gasteiger partial charge in [0.1, 0.15) is 0 Å². The molecule has 1 aliphatic rings. The lowest BCUT2D eigenvalue weighted by molar-refractivity contribution is -0.117. The van der Waals surface area contributed by atoms with E-state index in [9.17, 15) is 4.79 Å². The molecule has 0 saturated carbocycles. The third-order valence-corrected chi connectivity index (χ3v) is 1.98. The van der Waals surface area contributed by atoms with Gasteiger partial charge < -0.3 is 9.64 Å². The number of carbonyl (C=O) groups is 1. The zero-order valence-corrected chi connectivity index (χ0v) is 7.59. The number of amides is 1. The van der Waals surface area contributed by atoms with Gasteiger partial charge in [0.15, 0.2) is 6.10 Å². The predicted octanol–water partition coefficient (Wildman–Crippen LogP) is 0.249. The number of rotatable bonds is 3. The van der Waals surface area contributed by atoms with Crippen molar-refractivity contribution in [2.45, 2.75) is 6.42 Å². The van der Waals surface area contributed by atoms with E-state index in [-0.39, 0.29) is 0 Å². The summed E-state index contributed by atoms with van der Waals surface area (Å²) in [6.45, 7) is 1.26. The molecule has 14 heavy (non-hydrogen) atoms. The van der Waals surface area contributed by atoms with Crippen LogP contribution in [0.15, 0.2) is 18.5 Å². The molecule has 0 N–H and O–H groups in total. The highest BCUT2D eigenvalue weighted by Gasteiger charge is 2.24. The van der Waals surface area contributed by atoms with Crippen molar-refractivity contribution in [2.24, 2.45) is 0 Å². The van der Waals surface area contributed by atoms with Crippen molar-refractivity contribution < 1.29 is 9.53 Å². The summed E-state index contributed by atoms with van der Waals surface area (Å²) in [5.41, 5.74) is 0. The molecule has 0 aromatic carbocycles. The van der Waals surface area contributed by atoms with Gasteiger partial charge >= 0.3 is 6.01 Å². The number of hydrogen-bond donors (Lipinski definition) is 0. The fourth-order valence-corrected chi connectivity index (χ4v) is 1.29. The Bertz CT molecular complexity index is 304. The minimum atomic E-state index is 0.343. The first kappa shape index (κ1) is 8.93. The maximum atomic E-state index is 10.4. The van der Waals surface area contributed by atoms with Gasteiger partial charge in [-0.05, 0) is 6.07 Å². The molecule has 2 heterocycles. The molecule has 0 unspecified atom stereocenters. The van der Waals surface area contributed by atoms with E-state index in [4.69, 9.17) is 4.74 Å². The van der Waals surface area contributed by atoms with Gasteiger partial charge in [-0.3, -0.25) is 4.79 Å². The van der Waals surface area contributed by atoms with Crippen LogP contribution in [0.25, 0.3) is 0 Å². The molecule has 1 amide bonds. The van der Waals surface area contributed by atoms with E-state index in [1.807, 2.05) is 0 Å². The Labute approximate surface area is 81.7 Å². The normalized spacial score (nSPS) is 17.0. The minimum Gasteiger partial charge on any atom is -0.450 e. The van der Waals surface area contributed by atoms with Crippen LogP contribution in [0.5, 0.6) is 6.01 Å². The van der Waals surface area contributed by atoms with Gasteiger partial charge in [-0.15, -0.1) is 0 Å². The van der Waals surface area contributed by atoms with Crippen LogP contribution >= 0.6 is 0 Å². The highest BCUT2D eigenvalue weighted by Crippen LogP contribution is 2.18. The Morgan fingerprint density at radius 3 is 2.86 bits per heavy atom. The summed E-state index contributed by atoms with van der Waals surface area (Å²) in [5, 5.41) is 0. The number of aromatic nitrogens is 2. The summed E-state index contributed by atoms with van der Waals surface area (Å²) in [6.07, 6.45) is 5.66. The number of hydrogen-bond acceptors (Lipinski definition) is 4. The first-order valence-corrected chi connectivity index (χ1v) is 4.37. The molecule has 5 nitrogen and oxygen atoms in total. The molecule has 1 aromatic rings. The molecule has 1 radical (unpaired) electrons. The molecular weight excluding hydrogens is 182 g/mol. The van der Waals surface area contributed by atoms with Crippen LogP contribution in [-0.2, 0) is 4.79 Å². The molecule has 0 spiro atoms. The molecule has 1 aliphatic heterocycles. The van der Waals surface area contributed by atoms with Crippen molar-refractivity contribution in [2.75, 3.05) is 13.1 Å². The molecule has 1 aromatic heterocycles. The first-order chi connectivity index (χ1) is 6.88. The Balaban J connectivity index is 1.90. The predicted molar refractivity (Wildman–Crippen MR) is 48.2 cm³/mol. The quantitative estimate of drug-likeness (QED) is 0.644. The Morgan fingerprint density at radius 2 is 2.21 bits per heavy atom. The van der Waals surface area contributed by atoms with Crippen LogP contribution in [0.1, 0.15) is 6.42 Å². The molecule has 0 atom stereocenters. The van der Waals surface area contributed by atoms with E-state index >= 15 is 0 Å². The summed E-state index contributed by atoms with van der Waals surface area (Å²) in [4.78, 5) is 19.9. The Kier molecular flexibility index (Phi) is 2.58. The lowest BCUT2D eigenvalue weighted by Gasteiger charge is -2.09. The van der Waals surface area contributed by atoms with Crippen molar-refractivity contribution in [3.63, 3.8) is 0 Å². The molecule has 0 aliphatic carbocycles. The van der Waals surface area contributed by atoms with E-state index in [2.05, 4.69) is 9.97 Å². The molecule has 1 saturated heterocycles. The minimum absolute atomic E-state index is 0.343. The summed E-state index contributed by atoms with van der Waals surface area (Å²) in [6, 6.07) is 2.07. The number of likely N-dealkylation sites (tertiary alicyclic amines) is 1. The van der Waals surface area contributed by atoms with Gasteiger partial charge in [-0.1, -0.05) is 0 Å². The molecular formula is C9H10N3O2. The van der Waals surface area contributed by atoms with Crippen LogP contribution in [-0.4, -0.2) is 34.4 Å². The maximum Gasteiger partial charge on any atom is 0.317 e. The van der Waals surface area contributed by atoms with E-state index in [1.54, 1.807) is 23.4 Å². The smallest absolute Gasteiger partial charge is 0.317 e. The van der Waals surface area contributed by atoms with Gasteiger partial charge in [0.2, 0.25) is 6.41 Å². The molecule has 2 rings (SSSR count). The maximum absolute atomic E-state index is 10.4. The fraction of sp³-hybridized carbons (Fsp3) is 0.333. The van der Waals surface area contributed by atoms with Crippen molar-refractivity contribution in [1.82, 2.24) is 14.9 Å². The second-order valence-corrected chi connectivity index (χ2v) is 3.00. The van der Waals surface area contributed by atoms with Gasteiger partial charge in [0.05, 0.1) is 6.54 Å². The van der Waals surface area contributed by atoms with Crippen molar-refractivity contribution in [3.8, 4) is 6.01 Å². The van der Waals surface area contributed by atoms with Crippen molar-refractivity contribution in [1.29, 1.82) is 0 Å².